The van der Waals surface area contributed by atoms with Crippen molar-refractivity contribution in [1.82, 2.24) is 5.32 Å². The minimum Gasteiger partial charge on any atom is -0.381 e. The third kappa shape index (κ3) is 3.42. The van der Waals surface area contributed by atoms with Crippen LogP contribution >= 0.6 is 27.3 Å². The second-order valence-electron chi connectivity index (χ2n) is 5.57. The van der Waals surface area contributed by atoms with Crippen molar-refractivity contribution in [3.05, 3.63) is 56.7 Å². The van der Waals surface area contributed by atoms with Crippen molar-refractivity contribution < 1.29 is 9.53 Å². The Labute approximate surface area is 142 Å². The van der Waals surface area contributed by atoms with Crippen LogP contribution < -0.4 is 5.32 Å². The van der Waals surface area contributed by atoms with Crippen molar-refractivity contribution in [1.29, 1.82) is 0 Å². The highest BCUT2D eigenvalue weighted by molar-refractivity contribution is 9.10. The monoisotopic (exact) mass is 379 g/mol. The zero-order valence-electron chi connectivity index (χ0n) is 12.2. The van der Waals surface area contributed by atoms with Crippen LogP contribution in [0.5, 0.6) is 0 Å². The summed E-state index contributed by atoms with van der Waals surface area (Å²) in [5, 5.41) is 5.04. The molecule has 1 fully saturated rings. The molecule has 0 bridgehead atoms. The topological polar surface area (TPSA) is 38.3 Å². The number of thiophene rings is 1. The first-order valence-electron chi connectivity index (χ1n) is 7.35. The number of halogens is 1. The van der Waals surface area contributed by atoms with Gasteiger partial charge < -0.3 is 10.1 Å². The van der Waals surface area contributed by atoms with E-state index in [1.54, 1.807) is 0 Å². The van der Waals surface area contributed by atoms with Crippen molar-refractivity contribution >= 4 is 33.2 Å². The third-order valence-electron chi connectivity index (χ3n) is 4.21. The van der Waals surface area contributed by atoms with Gasteiger partial charge in [0, 0.05) is 35.0 Å². The number of ether oxygens (including phenoxy) is 1. The van der Waals surface area contributed by atoms with E-state index in [1.165, 1.54) is 16.9 Å². The third-order valence-corrected chi connectivity index (χ3v) is 5.90. The number of amides is 1. The van der Waals surface area contributed by atoms with Crippen LogP contribution in [0.15, 0.2) is 46.3 Å². The summed E-state index contributed by atoms with van der Waals surface area (Å²) < 4.78 is 6.47. The highest BCUT2D eigenvalue weighted by Gasteiger charge is 2.34. The van der Waals surface area contributed by atoms with Crippen molar-refractivity contribution in [3.63, 3.8) is 0 Å². The average molecular weight is 380 g/mol. The van der Waals surface area contributed by atoms with E-state index in [0.717, 1.165) is 35.4 Å². The second kappa shape index (κ2) is 6.94. The minimum absolute atomic E-state index is 0.00232. The van der Waals surface area contributed by atoms with Crippen LogP contribution in [0, 0.1) is 0 Å². The highest BCUT2D eigenvalue weighted by Crippen LogP contribution is 2.34. The Kier molecular flexibility index (Phi) is 4.96. The molecule has 0 radical (unpaired) electrons. The molecule has 116 valence electrons. The van der Waals surface area contributed by atoms with Gasteiger partial charge in [-0.25, -0.2) is 0 Å². The molecule has 1 aliphatic heterocycles. The number of carbonyl (C=O) groups excluding carboxylic acids is 1. The van der Waals surface area contributed by atoms with E-state index in [4.69, 9.17) is 4.74 Å². The maximum absolute atomic E-state index is 12.3. The van der Waals surface area contributed by atoms with E-state index in [-0.39, 0.29) is 11.3 Å². The van der Waals surface area contributed by atoms with Crippen molar-refractivity contribution in [3.8, 4) is 0 Å². The summed E-state index contributed by atoms with van der Waals surface area (Å²) in [7, 11) is 0. The largest absolute Gasteiger partial charge is 0.381 e. The maximum atomic E-state index is 12.3. The van der Waals surface area contributed by atoms with E-state index >= 15 is 0 Å². The first kappa shape index (κ1) is 15.7. The Bertz CT molecular complexity index is 635. The zero-order chi connectivity index (χ0) is 15.4. The summed E-state index contributed by atoms with van der Waals surface area (Å²) >= 11 is 4.84. The SMILES string of the molecule is O=C(NCC1(c2ccccc2)CCOCC1)c1cc(Br)cs1. The summed E-state index contributed by atoms with van der Waals surface area (Å²) in [6, 6.07) is 12.3. The molecule has 1 aromatic heterocycles. The number of hydrogen-bond donors (Lipinski definition) is 1. The van der Waals surface area contributed by atoms with Gasteiger partial charge in [-0.3, -0.25) is 4.79 Å². The molecular weight excluding hydrogens is 362 g/mol. The lowest BCUT2D eigenvalue weighted by molar-refractivity contribution is 0.0487. The summed E-state index contributed by atoms with van der Waals surface area (Å²) in [5.41, 5.74) is 1.26. The van der Waals surface area contributed by atoms with Crippen LogP contribution in [0.25, 0.3) is 0 Å². The number of rotatable bonds is 4. The van der Waals surface area contributed by atoms with E-state index in [2.05, 4.69) is 45.5 Å². The highest BCUT2D eigenvalue weighted by atomic mass is 79.9. The normalized spacial score (nSPS) is 17.1. The first-order chi connectivity index (χ1) is 10.7. The number of hydrogen-bond acceptors (Lipinski definition) is 3. The van der Waals surface area contributed by atoms with E-state index in [1.807, 2.05) is 17.5 Å². The fourth-order valence-corrected chi connectivity index (χ4v) is 4.23. The Morgan fingerprint density at radius 2 is 2.00 bits per heavy atom. The molecule has 22 heavy (non-hydrogen) atoms. The molecule has 2 heterocycles. The molecule has 3 rings (SSSR count). The van der Waals surface area contributed by atoms with Gasteiger partial charge in [-0.05, 0) is 40.4 Å². The Balaban J connectivity index is 1.75. The van der Waals surface area contributed by atoms with E-state index in [9.17, 15) is 4.79 Å². The molecule has 0 aliphatic carbocycles. The second-order valence-corrected chi connectivity index (χ2v) is 7.40. The lowest BCUT2D eigenvalue weighted by atomic mass is 9.74. The Morgan fingerprint density at radius 1 is 1.27 bits per heavy atom. The Hall–Kier alpha value is -1.17. The maximum Gasteiger partial charge on any atom is 0.261 e. The fraction of sp³-hybridized carbons (Fsp3) is 0.353. The van der Waals surface area contributed by atoms with Gasteiger partial charge in [0.25, 0.3) is 5.91 Å². The molecule has 2 aromatic rings. The van der Waals surface area contributed by atoms with Gasteiger partial charge in [-0.2, -0.15) is 0 Å². The Morgan fingerprint density at radius 3 is 2.64 bits per heavy atom. The van der Waals surface area contributed by atoms with Crippen LogP contribution in [-0.4, -0.2) is 25.7 Å². The van der Waals surface area contributed by atoms with Crippen LogP contribution in [0.2, 0.25) is 0 Å². The standard InChI is InChI=1S/C17H18BrNO2S/c18-14-10-15(22-11-14)16(20)19-12-17(6-8-21-9-7-17)13-4-2-1-3-5-13/h1-5,10-11H,6-9,12H2,(H,19,20). The summed E-state index contributed by atoms with van der Waals surface area (Å²) in [6.45, 7) is 2.14. The molecule has 1 amide bonds. The van der Waals surface area contributed by atoms with Crippen LogP contribution in [0.3, 0.4) is 0 Å². The molecule has 1 saturated heterocycles. The van der Waals surface area contributed by atoms with E-state index in [0.29, 0.717) is 6.54 Å². The molecule has 5 heteroatoms. The number of carbonyl (C=O) groups is 1. The molecular formula is C17H18BrNO2S. The lowest BCUT2D eigenvalue weighted by Gasteiger charge is -2.37. The van der Waals surface area contributed by atoms with Crippen molar-refractivity contribution in [2.45, 2.75) is 18.3 Å². The first-order valence-corrected chi connectivity index (χ1v) is 9.02. The zero-order valence-corrected chi connectivity index (χ0v) is 14.6. The number of benzene rings is 1. The molecule has 0 unspecified atom stereocenters. The predicted molar refractivity (Wildman–Crippen MR) is 92.5 cm³/mol. The molecule has 0 atom stereocenters. The molecule has 1 N–H and O–H groups in total. The van der Waals surface area contributed by atoms with Crippen LogP contribution in [0.1, 0.15) is 28.1 Å². The fourth-order valence-electron chi connectivity index (χ4n) is 2.89. The van der Waals surface area contributed by atoms with Gasteiger partial charge in [0.2, 0.25) is 0 Å². The van der Waals surface area contributed by atoms with Gasteiger partial charge in [0.1, 0.15) is 0 Å². The van der Waals surface area contributed by atoms with Gasteiger partial charge in [-0.15, -0.1) is 11.3 Å². The van der Waals surface area contributed by atoms with Crippen LogP contribution in [0.4, 0.5) is 0 Å². The van der Waals surface area contributed by atoms with Crippen molar-refractivity contribution in [2.24, 2.45) is 0 Å². The van der Waals surface area contributed by atoms with Gasteiger partial charge in [0.05, 0.1) is 4.88 Å². The molecule has 0 spiro atoms. The predicted octanol–water partition coefficient (Wildman–Crippen LogP) is 3.99. The van der Waals surface area contributed by atoms with Gasteiger partial charge in [0.15, 0.2) is 0 Å². The minimum atomic E-state index is -0.0241. The quantitative estimate of drug-likeness (QED) is 0.871. The summed E-state index contributed by atoms with van der Waals surface area (Å²) in [5.74, 6) is -0.00232. The average Bonchev–Trinajstić information content (AvgIpc) is 3.01. The molecule has 0 saturated carbocycles. The summed E-state index contributed by atoms with van der Waals surface area (Å²) in [6.07, 6.45) is 1.87. The number of nitrogens with one attached hydrogen (secondary N) is 1. The smallest absolute Gasteiger partial charge is 0.261 e. The lowest BCUT2D eigenvalue weighted by Crippen LogP contribution is -2.44. The molecule has 1 aliphatic rings. The van der Waals surface area contributed by atoms with Gasteiger partial charge >= 0.3 is 0 Å². The van der Waals surface area contributed by atoms with Crippen LogP contribution in [-0.2, 0) is 10.2 Å². The molecule has 3 nitrogen and oxygen atoms in total. The van der Waals surface area contributed by atoms with Crippen molar-refractivity contribution in [2.75, 3.05) is 19.8 Å². The van der Waals surface area contributed by atoms with E-state index < -0.39 is 0 Å². The van der Waals surface area contributed by atoms with Gasteiger partial charge in [-0.1, -0.05) is 30.3 Å². The summed E-state index contributed by atoms with van der Waals surface area (Å²) in [4.78, 5) is 13.1. The molecule has 1 aromatic carbocycles.